The summed E-state index contributed by atoms with van der Waals surface area (Å²) in [5.41, 5.74) is 1.15. The minimum Gasteiger partial charge on any atom is -0.462 e. The number of esters is 1. The first-order valence-electron chi connectivity index (χ1n) is 8.88. The van der Waals surface area contributed by atoms with Crippen LogP contribution < -0.4 is 10.9 Å². The van der Waals surface area contributed by atoms with Crippen molar-refractivity contribution in [1.82, 2.24) is 9.55 Å². The predicted octanol–water partition coefficient (Wildman–Crippen LogP) is 2.78. The van der Waals surface area contributed by atoms with E-state index in [0.29, 0.717) is 31.9 Å². The van der Waals surface area contributed by atoms with Gasteiger partial charge in [-0.3, -0.25) is 19.0 Å². The summed E-state index contributed by atoms with van der Waals surface area (Å²) in [4.78, 5) is 53.5. The van der Waals surface area contributed by atoms with Crippen molar-refractivity contribution in [2.75, 3.05) is 11.9 Å². The minimum absolute atomic E-state index is 0.0675. The van der Waals surface area contributed by atoms with Crippen molar-refractivity contribution in [1.29, 1.82) is 0 Å². The van der Waals surface area contributed by atoms with Gasteiger partial charge in [0.15, 0.2) is 5.78 Å². The zero-order valence-corrected chi connectivity index (χ0v) is 17.0. The van der Waals surface area contributed by atoms with Crippen molar-refractivity contribution in [2.24, 2.45) is 0 Å². The van der Waals surface area contributed by atoms with Crippen LogP contribution in [-0.2, 0) is 16.1 Å². The third kappa shape index (κ3) is 4.24. The van der Waals surface area contributed by atoms with Crippen molar-refractivity contribution in [3.05, 3.63) is 57.0 Å². The van der Waals surface area contributed by atoms with Crippen LogP contribution in [-0.4, -0.2) is 33.8 Å². The number of ether oxygens (including phenoxy) is 1. The quantitative estimate of drug-likeness (QED) is 0.492. The zero-order valence-electron chi connectivity index (χ0n) is 16.1. The SMILES string of the molecule is CCOC(=O)c1sc2ncn(CC(=O)Nc3ccc(C(C)=O)cc3)c(=O)c2c1C. The molecule has 0 bridgehead atoms. The number of benzene rings is 1. The molecule has 0 radical (unpaired) electrons. The van der Waals surface area contributed by atoms with Crippen LogP contribution in [0.4, 0.5) is 5.69 Å². The number of nitrogens with zero attached hydrogens (tertiary/aromatic N) is 2. The van der Waals surface area contributed by atoms with Gasteiger partial charge in [-0.1, -0.05) is 0 Å². The number of ketones is 1. The molecule has 0 spiro atoms. The minimum atomic E-state index is -0.495. The normalized spacial score (nSPS) is 10.7. The van der Waals surface area contributed by atoms with E-state index in [1.165, 1.54) is 17.8 Å². The molecule has 2 heterocycles. The molecule has 1 aromatic carbocycles. The fourth-order valence-electron chi connectivity index (χ4n) is 2.81. The molecule has 3 rings (SSSR count). The van der Waals surface area contributed by atoms with Gasteiger partial charge >= 0.3 is 5.97 Å². The maximum atomic E-state index is 12.8. The van der Waals surface area contributed by atoms with E-state index in [0.717, 1.165) is 11.3 Å². The second-order valence-corrected chi connectivity index (χ2v) is 7.32. The van der Waals surface area contributed by atoms with Gasteiger partial charge in [0.05, 0.1) is 18.3 Å². The van der Waals surface area contributed by atoms with Gasteiger partial charge in [-0.2, -0.15) is 0 Å². The molecule has 1 N–H and O–H groups in total. The Hall–Kier alpha value is -3.33. The number of aryl methyl sites for hydroxylation is 1. The number of nitrogens with one attached hydrogen (secondary N) is 1. The Morgan fingerprint density at radius 3 is 2.52 bits per heavy atom. The van der Waals surface area contributed by atoms with Crippen LogP contribution in [0.1, 0.15) is 39.4 Å². The number of hydrogen-bond acceptors (Lipinski definition) is 7. The molecule has 0 aliphatic carbocycles. The van der Waals surface area contributed by atoms with Gasteiger partial charge in [-0.25, -0.2) is 9.78 Å². The van der Waals surface area contributed by atoms with E-state index in [-0.39, 0.29) is 18.9 Å². The number of carbonyl (C=O) groups excluding carboxylic acids is 3. The molecular weight excluding hydrogens is 394 g/mol. The van der Waals surface area contributed by atoms with Crippen molar-refractivity contribution >= 4 is 44.9 Å². The predicted molar refractivity (Wildman–Crippen MR) is 110 cm³/mol. The topological polar surface area (TPSA) is 107 Å². The number of amides is 1. The lowest BCUT2D eigenvalue weighted by Gasteiger charge is -2.08. The number of rotatable bonds is 6. The maximum Gasteiger partial charge on any atom is 0.348 e. The van der Waals surface area contributed by atoms with Gasteiger partial charge < -0.3 is 10.1 Å². The van der Waals surface area contributed by atoms with Crippen molar-refractivity contribution < 1.29 is 19.1 Å². The molecule has 9 heteroatoms. The number of Topliss-reactive ketones (excluding diaryl/α,β-unsaturated/α-hetero) is 1. The molecule has 29 heavy (non-hydrogen) atoms. The number of hydrogen-bond donors (Lipinski definition) is 1. The van der Waals surface area contributed by atoms with E-state index >= 15 is 0 Å². The van der Waals surface area contributed by atoms with E-state index in [1.54, 1.807) is 38.1 Å². The molecule has 150 valence electrons. The molecule has 0 fully saturated rings. The van der Waals surface area contributed by atoms with Gasteiger partial charge in [0.1, 0.15) is 16.3 Å². The van der Waals surface area contributed by atoms with Crippen LogP contribution in [0.5, 0.6) is 0 Å². The molecule has 2 aromatic heterocycles. The first-order valence-corrected chi connectivity index (χ1v) is 9.70. The molecule has 0 unspecified atom stereocenters. The van der Waals surface area contributed by atoms with E-state index in [1.807, 2.05) is 0 Å². The van der Waals surface area contributed by atoms with Crippen molar-refractivity contribution in [2.45, 2.75) is 27.3 Å². The second-order valence-electron chi connectivity index (χ2n) is 6.32. The first-order chi connectivity index (χ1) is 13.8. The fourth-order valence-corrected chi connectivity index (χ4v) is 3.84. The summed E-state index contributed by atoms with van der Waals surface area (Å²) in [6.45, 7) is 4.83. The van der Waals surface area contributed by atoms with Gasteiger partial charge in [0.25, 0.3) is 5.56 Å². The van der Waals surface area contributed by atoms with Crippen LogP contribution in [0.15, 0.2) is 35.4 Å². The molecule has 0 atom stereocenters. The van der Waals surface area contributed by atoms with Crippen molar-refractivity contribution in [3.8, 4) is 0 Å². The Morgan fingerprint density at radius 2 is 1.90 bits per heavy atom. The van der Waals surface area contributed by atoms with Crippen LogP contribution >= 0.6 is 11.3 Å². The van der Waals surface area contributed by atoms with E-state index in [9.17, 15) is 19.2 Å². The molecule has 0 saturated carbocycles. The van der Waals surface area contributed by atoms with Crippen LogP contribution in [0, 0.1) is 6.92 Å². The first kappa shape index (κ1) is 20.4. The van der Waals surface area contributed by atoms with Gasteiger partial charge in [-0.05, 0) is 50.6 Å². The molecule has 1 amide bonds. The molecule has 0 saturated heterocycles. The summed E-state index contributed by atoms with van der Waals surface area (Å²) in [5, 5.41) is 2.98. The number of carbonyl (C=O) groups is 3. The van der Waals surface area contributed by atoms with E-state index < -0.39 is 17.4 Å². The van der Waals surface area contributed by atoms with Crippen LogP contribution in [0.2, 0.25) is 0 Å². The van der Waals surface area contributed by atoms with E-state index in [4.69, 9.17) is 4.74 Å². The molecule has 3 aromatic rings. The van der Waals surface area contributed by atoms with Gasteiger partial charge in [0, 0.05) is 11.3 Å². The highest BCUT2D eigenvalue weighted by atomic mass is 32.1. The number of fused-ring (bicyclic) bond motifs is 1. The highest BCUT2D eigenvalue weighted by Crippen LogP contribution is 2.27. The average Bonchev–Trinajstić information content (AvgIpc) is 3.02. The summed E-state index contributed by atoms with van der Waals surface area (Å²) < 4.78 is 6.20. The highest BCUT2D eigenvalue weighted by molar-refractivity contribution is 7.20. The summed E-state index contributed by atoms with van der Waals surface area (Å²) in [5.74, 6) is -0.977. The summed E-state index contributed by atoms with van der Waals surface area (Å²) >= 11 is 1.09. The Morgan fingerprint density at radius 1 is 1.21 bits per heavy atom. The highest BCUT2D eigenvalue weighted by Gasteiger charge is 2.20. The second kappa shape index (κ2) is 8.36. The monoisotopic (exact) mass is 413 g/mol. The number of anilines is 1. The third-order valence-electron chi connectivity index (χ3n) is 4.27. The van der Waals surface area contributed by atoms with E-state index in [2.05, 4.69) is 10.3 Å². The standard InChI is InChI=1S/C20H19N3O5S/c1-4-28-20(27)17-11(2)16-18(29-17)21-10-23(19(16)26)9-15(25)22-14-7-5-13(6-8-14)12(3)24/h5-8,10H,4,9H2,1-3H3,(H,22,25). The van der Waals surface area contributed by atoms with Crippen molar-refractivity contribution in [3.63, 3.8) is 0 Å². The summed E-state index contributed by atoms with van der Waals surface area (Å²) in [7, 11) is 0. The number of thiophene rings is 1. The fraction of sp³-hybridized carbons (Fsp3) is 0.250. The lowest BCUT2D eigenvalue weighted by atomic mass is 10.1. The Labute approximate surface area is 170 Å². The largest absolute Gasteiger partial charge is 0.462 e. The zero-order chi connectivity index (χ0) is 21.1. The number of aromatic nitrogens is 2. The lowest BCUT2D eigenvalue weighted by Crippen LogP contribution is -2.27. The molecule has 8 nitrogen and oxygen atoms in total. The Kier molecular flexibility index (Phi) is 5.88. The maximum absolute atomic E-state index is 12.8. The van der Waals surface area contributed by atoms with Gasteiger partial charge in [-0.15, -0.1) is 11.3 Å². The third-order valence-corrected chi connectivity index (χ3v) is 5.45. The Balaban J connectivity index is 1.82. The summed E-state index contributed by atoms with van der Waals surface area (Å²) in [6, 6.07) is 6.47. The van der Waals surface area contributed by atoms with Crippen LogP contribution in [0.25, 0.3) is 10.2 Å². The van der Waals surface area contributed by atoms with Gasteiger partial charge in [0.2, 0.25) is 5.91 Å². The molecule has 0 aliphatic heterocycles. The summed E-state index contributed by atoms with van der Waals surface area (Å²) in [6.07, 6.45) is 1.29. The molecular formula is C20H19N3O5S. The van der Waals surface area contributed by atoms with Crippen LogP contribution in [0.3, 0.4) is 0 Å². The molecule has 0 aliphatic rings. The average molecular weight is 413 g/mol. The smallest absolute Gasteiger partial charge is 0.348 e. The lowest BCUT2D eigenvalue weighted by molar-refractivity contribution is -0.116. The Bertz CT molecular complexity index is 1160.